The Balaban J connectivity index is 1.61. The van der Waals surface area contributed by atoms with E-state index in [2.05, 4.69) is 5.32 Å². The number of para-hydroxylation sites is 1. The van der Waals surface area contributed by atoms with Crippen LogP contribution < -0.4 is 14.8 Å². The summed E-state index contributed by atoms with van der Waals surface area (Å²) in [4.78, 5) is 22.8. The van der Waals surface area contributed by atoms with Gasteiger partial charge in [0.2, 0.25) is 0 Å². The maximum Gasteiger partial charge on any atom is 0.311 e. The van der Waals surface area contributed by atoms with Crippen molar-refractivity contribution < 1.29 is 19.2 Å². The Labute approximate surface area is 161 Å². The lowest BCUT2D eigenvalue weighted by atomic mass is 10.1. The fourth-order valence-electron chi connectivity index (χ4n) is 2.56. The van der Waals surface area contributed by atoms with E-state index in [9.17, 15) is 14.9 Å². The fourth-order valence-corrected chi connectivity index (χ4v) is 2.56. The van der Waals surface area contributed by atoms with Crippen LogP contribution >= 0.6 is 0 Å². The molecule has 0 spiro atoms. The van der Waals surface area contributed by atoms with E-state index in [1.807, 2.05) is 54.6 Å². The van der Waals surface area contributed by atoms with Gasteiger partial charge in [-0.15, -0.1) is 0 Å². The molecule has 0 aliphatic carbocycles. The molecule has 0 aliphatic heterocycles. The summed E-state index contributed by atoms with van der Waals surface area (Å²) in [6.45, 7) is 0.282. The highest BCUT2D eigenvalue weighted by molar-refractivity contribution is 5.95. The van der Waals surface area contributed by atoms with E-state index in [-0.39, 0.29) is 23.5 Å². The summed E-state index contributed by atoms with van der Waals surface area (Å²) >= 11 is 0. The maximum absolute atomic E-state index is 12.3. The normalized spacial score (nSPS) is 10.2. The number of nitrogens with zero attached hydrogens (tertiary/aromatic N) is 1. The second-order valence-corrected chi connectivity index (χ2v) is 5.89. The Morgan fingerprint density at radius 1 is 1.00 bits per heavy atom. The van der Waals surface area contributed by atoms with Crippen molar-refractivity contribution in [3.05, 3.63) is 94.0 Å². The van der Waals surface area contributed by atoms with Gasteiger partial charge in [-0.2, -0.15) is 0 Å². The van der Waals surface area contributed by atoms with Crippen molar-refractivity contribution in [1.29, 1.82) is 0 Å². The van der Waals surface area contributed by atoms with Gasteiger partial charge in [0.05, 0.1) is 12.0 Å². The van der Waals surface area contributed by atoms with Gasteiger partial charge >= 0.3 is 5.69 Å². The molecular weight excluding hydrogens is 360 g/mol. The van der Waals surface area contributed by atoms with Gasteiger partial charge in [-0.1, -0.05) is 30.3 Å². The third kappa shape index (κ3) is 4.64. The first-order chi connectivity index (χ1) is 13.6. The van der Waals surface area contributed by atoms with Gasteiger partial charge in [-0.3, -0.25) is 14.9 Å². The fraction of sp³-hybridized carbons (Fsp3) is 0.0952. The van der Waals surface area contributed by atoms with Crippen molar-refractivity contribution in [1.82, 2.24) is 5.32 Å². The molecule has 3 aromatic carbocycles. The van der Waals surface area contributed by atoms with E-state index in [4.69, 9.17) is 9.47 Å². The molecule has 1 amide bonds. The molecule has 7 heteroatoms. The standard InChI is InChI=1S/C21H18N2O5/c1-27-20-12-9-16(13-19(20)23(25)26)21(24)22-14-15-7-10-18(11-8-15)28-17-5-3-2-4-6-17/h2-13H,14H2,1H3,(H,22,24). The lowest BCUT2D eigenvalue weighted by molar-refractivity contribution is -0.385. The number of ether oxygens (including phenoxy) is 2. The van der Waals surface area contributed by atoms with E-state index in [1.165, 1.54) is 25.3 Å². The summed E-state index contributed by atoms with van der Waals surface area (Å²) in [5.41, 5.74) is 0.811. The van der Waals surface area contributed by atoms with Crippen molar-refractivity contribution in [2.45, 2.75) is 6.54 Å². The third-order valence-corrected chi connectivity index (χ3v) is 3.99. The van der Waals surface area contributed by atoms with Gasteiger partial charge in [-0.05, 0) is 42.0 Å². The van der Waals surface area contributed by atoms with E-state index >= 15 is 0 Å². The van der Waals surface area contributed by atoms with Gasteiger partial charge in [0.25, 0.3) is 5.91 Å². The maximum atomic E-state index is 12.3. The molecule has 0 unspecified atom stereocenters. The SMILES string of the molecule is COc1ccc(C(=O)NCc2ccc(Oc3ccccc3)cc2)cc1[N+](=O)[O-]. The molecule has 0 bridgehead atoms. The van der Waals surface area contributed by atoms with Crippen molar-refractivity contribution in [3.63, 3.8) is 0 Å². The van der Waals surface area contributed by atoms with Crippen LogP contribution in [0.25, 0.3) is 0 Å². The highest BCUT2D eigenvalue weighted by Crippen LogP contribution is 2.27. The monoisotopic (exact) mass is 378 g/mol. The van der Waals surface area contributed by atoms with E-state index < -0.39 is 10.8 Å². The lowest BCUT2D eigenvalue weighted by Gasteiger charge is -2.09. The largest absolute Gasteiger partial charge is 0.490 e. The average Bonchev–Trinajstić information content (AvgIpc) is 2.73. The first kappa shape index (κ1) is 18.9. The minimum absolute atomic E-state index is 0.107. The van der Waals surface area contributed by atoms with Crippen molar-refractivity contribution >= 4 is 11.6 Å². The quantitative estimate of drug-likeness (QED) is 0.488. The highest BCUT2D eigenvalue weighted by Gasteiger charge is 2.18. The predicted molar refractivity (Wildman–Crippen MR) is 104 cm³/mol. The zero-order valence-electron chi connectivity index (χ0n) is 15.1. The molecule has 0 radical (unpaired) electrons. The van der Waals surface area contributed by atoms with Crippen molar-refractivity contribution in [2.24, 2.45) is 0 Å². The zero-order chi connectivity index (χ0) is 19.9. The van der Waals surface area contributed by atoms with Gasteiger partial charge in [0.1, 0.15) is 11.5 Å². The van der Waals surface area contributed by atoms with Gasteiger partial charge in [-0.25, -0.2) is 0 Å². The number of amides is 1. The first-order valence-electron chi connectivity index (χ1n) is 8.49. The number of nitro benzene ring substituents is 1. The summed E-state index contributed by atoms with van der Waals surface area (Å²) in [6.07, 6.45) is 0. The number of rotatable bonds is 7. The first-order valence-corrected chi connectivity index (χ1v) is 8.49. The Hall–Kier alpha value is -3.87. The number of methoxy groups -OCH3 is 1. The molecule has 1 N–H and O–H groups in total. The second-order valence-electron chi connectivity index (χ2n) is 5.89. The van der Waals surface area contributed by atoms with Crippen LogP contribution in [0, 0.1) is 10.1 Å². The van der Waals surface area contributed by atoms with Crippen LogP contribution in [-0.4, -0.2) is 17.9 Å². The molecule has 0 saturated heterocycles. The summed E-state index contributed by atoms with van der Waals surface area (Å²) in [7, 11) is 1.34. The minimum Gasteiger partial charge on any atom is -0.490 e. The Morgan fingerprint density at radius 2 is 1.68 bits per heavy atom. The Kier molecular flexibility index (Phi) is 5.86. The summed E-state index contributed by atoms with van der Waals surface area (Å²) in [5.74, 6) is 1.13. The van der Waals surface area contributed by atoms with E-state index in [0.29, 0.717) is 5.75 Å². The summed E-state index contributed by atoms with van der Waals surface area (Å²) in [6, 6.07) is 20.8. The molecule has 142 valence electrons. The summed E-state index contributed by atoms with van der Waals surface area (Å²) < 4.78 is 10.7. The Bertz CT molecular complexity index is 972. The van der Waals surface area contributed by atoms with Crippen LogP contribution in [-0.2, 0) is 6.54 Å². The van der Waals surface area contributed by atoms with Crippen LogP contribution in [0.4, 0.5) is 5.69 Å². The predicted octanol–water partition coefficient (Wildman–Crippen LogP) is 4.33. The molecule has 0 fully saturated rings. The molecule has 0 aromatic heterocycles. The third-order valence-electron chi connectivity index (χ3n) is 3.99. The molecule has 0 heterocycles. The second kappa shape index (κ2) is 8.68. The molecule has 7 nitrogen and oxygen atoms in total. The molecule has 28 heavy (non-hydrogen) atoms. The van der Waals surface area contributed by atoms with Gasteiger partial charge in [0, 0.05) is 18.2 Å². The number of hydrogen-bond acceptors (Lipinski definition) is 5. The lowest BCUT2D eigenvalue weighted by Crippen LogP contribution is -2.22. The van der Waals surface area contributed by atoms with E-state index in [1.54, 1.807) is 0 Å². The number of nitrogens with one attached hydrogen (secondary N) is 1. The number of carbonyl (C=O) groups is 1. The average molecular weight is 378 g/mol. The minimum atomic E-state index is -0.582. The van der Waals surface area contributed by atoms with Crippen LogP contribution in [0.5, 0.6) is 17.2 Å². The van der Waals surface area contributed by atoms with Crippen LogP contribution in [0.2, 0.25) is 0 Å². The van der Waals surface area contributed by atoms with Crippen molar-refractivity contribution in [3.8, 4) is 17.2 Å². The molecular formula is C21H18N2O5. The van der Waals surface area contributed by atoms with Crippen LogP contribution in [0.3, 0.4) is 0 Å². The smallest absolute Gasteiger partial charge is 0.311 e. The van der Waals surface area contributed by atoms with E-state index in [0.717, 1.165) is 11.3 Å². The molecule has 3 aromatic rings. The molecule has 0 atom stereocenters. The molecule has 0 aliphatic rings. The van der Waals surface area contributed by atoms with Crippen LogP contribution in [0.15, 0.2) is 72.8 Å². The number of nitro groups is 1. The van der Waals surface area contributed by atoms with Crippen LogP contribution in [0.1, 0.15) is 15.9 Å². The summed E-state index contributed by atoms with van der Waals surface area (Å²) in [5, 5.41) is 13.8. The number of hydrogen-bond donors (Lipinski definition) is 1. The van der Waals surface area contributed by atoms with Gasteiger partial charge in [0.15, 0.2) is 5.75 Å². The number of carbonyl (C=O) groups excluding carboxylic acids is 1. The number of benzene rings is 3. The zero-order valence-corrected chi connectivity index (χ0v) is 15.1. The molecule has 0 saturated carbocycles. The molecule has 3 rings (SSSR count). The van der Waals surface area contributed by atoms with Crippen molar-refractivity contribution in [2.75, 3.05) is 7.11 Å². The highest BCUT2D eigenvalue weighted by atomic mass is 16.6. The topological polar surface area (TPSA) is 90.7 Å². The Morgan fingerprint density at radius 3 is 2.32 bits per heavy atom. The van der Waals surface area contributed by atoms with Gasteiger partial charge < -0.3 is 14.8 Å².